The van der Waals surface area contributed by atoms with Gasteiger partial charge in [-0.25, -0.2) is 9.97 Å². The van der Waals surface area contributed by atoms with Crippen LogP contribution in [0.1, 0.15) is 58.5 Å². The highest BCUT2D eigenvalue weighted by Gasteiger charge is 2.20. The predicted octanol–water partition coefficient (Wildman–Crippen LogP) is 3.32. The van der Waals surface area contributed by atoms with E-state index >= 15 is 0 Å². The van der Waals surface area contributed by atoms with Crippen molar-refractivity contribution in [2.24, 2.45) is 0 Å². The van der Waals surface area contributed by atoms with Crippen LogP contribution in [0.2, 0.25) is 0 Å². The number of ether oxygens (including phenoxy) is 1. The Kier molecular flexibility index (Phi) is 4.97. The minimum Gasteiger partial charge on any atom is -0.378 e. The lowest BCUT2D eigenvalue weighted by Crippen LogP contribution is -2.24. The van der Waals surface area contributed by atoms with Crippen molar-refractivity contribution in [3.63, 3.8) is 0 Å². The van der Waals surface area contributed by atoms with E-state index in [-0.39, 0.29) is 11.5 Å². The first-order chi connectivity index (χ1) is 9.49. The fraction of sp³-hybridized carbons (Fsp3) is 0.750. The number of nitrogens with zero attached hydrogens (tertiary/aromatic N) is 2. The first kappa shape index (κ1) is 15.2. The van der Waals surface area contributed by atoms with Gasteiger partial charge < -0.3 is 10.1 Å². The molecular formula is C16H27N3O. The molecule has 4 nitrogen and oxygen atoms in total. The average Bonchev–Trinajstić information content (AvgIpc) is 2.39. The molecule has 0 amide bonds. The maximum Gasteiger partial charge on any atom is 0.133 e. The molecule has 0 saturated carbocycles. The van der Waals surface area contributed by atoms with Crippen LogP contribution in [-0.4, -0.2) is 29.2 Å². The molecule has 0 aliphatic carbocycles. The number of hydrogen-bond acceptors (Lipinski definition) is 4. The Morgan fingerprint density at radius 1 is 1.30 bits per heavy atom. The monoisotopic (exact) mass is 277 g/mol. The van der Waals surface area contributed by atoms with Gasteiger partial charge in [0.25, 0.3) is 0 Å². The summed E-state index contributed by atoms with van der Waals surface area (Å²) in [5.74, 6) is 1.83. The van der Waals surface area contributed by atoms with Gasteiger partial charge in [0.15, 0.2) is 0 Å². The average molecular weight is 277 g/mol. The quantitative estimate of drug-likeness (QED) is 0.917. The van der Waals surface area contributed by atoms with E-state index in [9.17, 15) is 0 Å². The van der Waals surface area contributed by atoms with E-state index in [2.05, 4.69) is 44.1 Å². The Labute approximate surface area is 122 Å². The molecule has 1 aliphatic rings. The van der Waals surface area contributed by atoms with Gasteiger partial charge in [0, 0.05) is 31.1 Å². The number of nitrogens with one attached hydrogen (secondary N) is 1. The summed E-state index contributed by atoms with van der Waals surface area (Å²) in [4.78, 5) is 9.38. The molecule has 20 heavy (non-hydrogen) atoms. The van der Waals surface area contributed by atoms with Gasteiger partial charge in [0.05, 0.1) is 11.8 Å². The van der Waals surface area contributed by atoms with Crippen molar-refractivity contribution < 1.29 is 4.74 Å². The second-order valence-electron chi connectivity index (χ2n) is 6.53. The van der Waals surface area contributed by atoms with E-state index in [0.717, 1.165) is 43.3 Å². The highest BCUT2D eigenvalue weighted by Crippen LogP contribution is 2.23. The molecule has 1 aromatic heterocycles. The van der Waals surface area contributed by atoms with Gasteiger partial charge in [0.1, 0.15) is 11.6 Å². The van der Waals surface area contributed by atoms with Crippen LogP contribution in [-0.2, 0) is 16.6 Å². The van der Waals surface area contributed by atoms with Crippen molar-refractivity contribution in [2.75, 3.05) is 18.5 Å². The molecule has 4 heteroatoms. The standard InChI is InChI=1S/C16H27N3O/c1-5-17-14-11-13(16(2,3)4)18-15(19-14)10-12-8-6-7-9-20-12/h11-12H,5-10H2,1-4H3,(H,17,18,19). The largest absolute Gasteiger partial charge is 0.378 e. The van der Waals surface area contributed by atoms with Crippen LogP contribution in [0.4, 0.5) is 5.82 Å². The maximum absolute atomic E-state index is 5.81. The number of aromatic nitrogens is 2. The summed E-state index contributed by atoms with van der Waals surface area (Å²) in [6.07, 6.45) is 4.67. The second-order valence-corrected chi connectivity index (χ2v) is 6.53. The Hall–Kier alpha value is -1.16. The van der Waals surface area contributed by atoms with Crippen LogP contribution in [0.15, 0.2) is 6.07 Å². The lowest BCUT2D eigenvalue weighted by atomic mass is 9.91. The van der Waals surface area contributed by atoms with E-state index in [1.807, 2.05) is 0 Å². The predicted molar refractivity (Wildman–Crippen MR) is 82.2 cm³/mol. The highest BCUT2D eigenvalue weighted by atomic mass is 16.5. The highest BCUT2D eigenvalue weighted by molar-refractivity contribution is 5.38. The van der Waals surface area contributed by atoms with Crippen LogP contribution in [0, 0.1) is 0 Å². The number of rotatable bonds is 4. The van der Waals surface area contributed by atoms with Crippen molar-refractivity contribution in [2.45, 2.75) is 64.9 Å². The van der Waals surface area contributed by atoms with Crippen molar-refractivity contribution in [1.29, 1.82) is 0 Å². The molecule has 0 spiro atoms. The van der Waals surface area contributed by atoms with E-state index in [1.165, 1.54) is 12.8 Å². The Bertz CT molecular complexity index is 434. The van der Waals surface area contributed by atoms with Gasteiger partial charge in [-0.05, 0) is 26.2 Å². The van der Waals surface area contributed by atoms with Crippen LogP contribution < -0.4 is 5.32 Å². The van der Waals surface area contributed by atoms with Crippen LogP contribution in [0.25, 0.3) is 0 Å². The molecule has 0 bridgehead atoms. The van der Waals surface area contributed by atoms with Crippen molar-refractivity contribution in [3.8, 4) is 0 Å². The van der Waals surface area contributed by atoms with Gasteiger partial charge >= 0.3 is 0 Å². The molecule has 2 rings (SSSR count). The van der Waals surface area contributed by atoms with Crippen molar-refractivity contribution in [1.82, 2.24) is 9.97 Å². The van der Waals surface area contributed by atoms with Crippen LogP contribution in [0.3, 0.4) is 0 Å². The summed E-state index contributed by atoms with van der Waals surface area (Å²) < 4.78 is 5.81. The Morgan fingerprint density at radius 2 is 2.10 bits per heavy atom. The SMILES string of the molecule is CCNc1cc(C(C)(C)C)nc(CC2CCCCO2)n1. The molecule has 1 saturated heterocycles. The third-order valence-electron chi connectivity index (χ3n) is 3.58. The molecule has 1 N–H and O–H groups in total. The molecule has 0 aromatic carbocycles. The third kappa shape index (κ3) is 4.17. The normalized spacial score (nSPS) is 19.9. The summed E-state index contributed by atoms with van der Waals surface area (Å²) in [7, 11) is 0. The van der Waals surface area contributed by atoms with E-state index in [4.69, 9.17) is 9.72 Å². The smallest absolute Gasteiger partial charge is 0.133 e. The van der Waals surface area contributed by atoms with E-state index < -0.39 is 0 Å². The maximum atomic E-state index is 5.81. The molecule has 1 aromatic rings. The molecule has 1 fully saturated rings. The fourth-order valence-corrected chi connectivity index (χ4v) is 2.42. The van der Waals surface area contributed by atoms with Gasteiger partial charge in [0.2, 0.25) is 0 Å². The van der Waals surface area contributed by atoms with Crippen LogP contribution in [0.5, 0.6) is 0 Å². The van der Waals surface area contributed by atoms with Crippen molar-refractivity contribution in [3.05, 3.63) is 17.6 Å². The summed E-state index contributed by atoms with van der Waals surface area (Å²) in [6.45, 7) is 10.4. The third-order valence-corrected chi connectivity index (χ3v) is 3.58. The number of anilines is 1. The molecule has 1 atom stereocenters. The van der Waals surface area contributed by atoms with Gasteiger partial charge in [-0.1, -0.05) is 20.8 Å². The summed E-state index contributed by atoms with van der Waals surface area (Å²) in [5, 5.41) is 3.31. The minimum atomic E-state index is 0.0370. The first-order valence-electron chi connectivity index (χ1n) is 7.73. The molecular weight excluding hydrogens is 250 g/mol. The molecule has 2 heterocycles. The van der Waals surface area contributed by atoms with Gasteiger partial charge in [-0.3, -0.25) is 0 Å². The van der Waals surface area contributed by atoms with Crippen molar-refractivity contribution >= 4 is 5.82 Å². The first-order valence-corrected chi connectivity index (χ1v) is 7.73. The fourth-order valence-electron chi connectivity index (χ4n) is 2.42. The topological polar surface area (TPSA) is 47.0 Å². The summed E-state index contributed by atoms with van der Waals surface area (Å²) in [5.41, 5.74) is 1.13. The minimum absolute atomic E-state index is 0.0370. The molecule has 1 aliphatic heterocycles. The Morgan fingerprint density at radius 3 is 2.70 bits per heavy atom. The molecule has 1 unspecified atom stereocenters. The van der Waals surface area contributed by atoms with E-state index in [0.29, 0.717) is 0 Å². The zero-order chi connectivity index (χ0) is 14.6. The Balaban J connectivity index is 2.19. The number of hydrogen-bond donors (Lipinski definition) is 1. The zero-order valence-corrected chi connectivity index (χ0v) is 13.2. The van der Waals surface area contributed by atoms with E-state index in [1.54, 1.807) is 0 Å². The van der Waals surface area contributed by atoms with Gasteiger partial charge in [-0.2, -0.15) is 0 Å². The summed E-state index contributed by atoms with van der Waals surface area (Å²) >= 11 is 0. The lowest BCUT2D eigenvalue weighted by molar-refractivity contribution is 0.0156. The summed E-state index contributed by atoms with van der Waals surface area (Å²) in [6, 6.07) is 2.06. The van der Waals surface area contributed by atoms with Gasteiger partial charge in [-0.15, -0.1) is 0 Å². The zero-order valence-electron chi connectivity index (χ0n) is 13.2. The lowest BCUT2D eigenvalue weighted by Gasteiger charge is -2.24. The molecule has 0 radical (unpaired) electrons. The van der Waals surface area contributed by atoms with Crippen LogP contribution >= 0.6 is 0 Å². The second kappa shape index (κ2) is 6.53. The molecule has 112 valence electrons.